The molecule has 1 fully saturated rings. The Bertz CT molecular complexity index is 1010. The van der Waals surface area contributed by atoms with Gasteiger partial charge in [-0.15, -0.1) is 0 Å². The van der Waals surface area contributed by atoms with E-state index in [0.29, 0.717) is 0 Å². The molecule has 0 aliphatic carbocycles. The fourth-order valence-corrected chi connectivity index (χ4v) is 4.35. The molecule has 1 N–H and O–H groups in total. The molecule has 1 aliphatic heterocycles. The van der Waals surface area contributed by atoms with Crippen LogP contribution in [0.2, 0.25) is 0 Å². The minimum atomic E-state index is 0.738. The summed E-state index contributed by atoms with van der Waals surface area (Å²) in [6, 6.07) is 15.3. The number of aryl methyl sites for hydroxylation is 2. The van der Waals surface area contributed by atoms with Crippen molar-refractivity contribution in [1.82, 2.24) is 20.3 Å². The van der Waals surface area contributed by atoms with Gasteiger partial charge in [0.25, 0.3) is 0 Å². The predicted molar refractivity (Wildman–Crippen MR) is 126 cm³/mol. The van der Waals surface area contributed by atoms with Crippen LogP contribution >= 0.6 is 0 Å². The second-order valence-electron chi connectivity index (χ2n) is 8.19. The van der Waals surface area contributed by atoms with Crippen LogP contribution in [-0.2, 0) is 13.0 Å². The first kappa shape index (κ1) is 21.4. The Labute approximate surface area is 184 Å². The van der Waals surface area contributed by atoms with Gasteiger partial charge >= 0.3 is 0 Å². The largest absolute Gasteiger partial charge is 0.361 e. The average Bonchev–Trinajstić information content (AvgIpc) is 3.11. The molecule has 0 radical (unpaired) electrons. The van der Waals surface area contributed by atoms with E-state index in [2.05, 4.69) is 69.7 Å². The molecule has 0 amide bonds. The third kappa shape index (κ3) is 5.07. The molecule has 2 heterocycles. The van der Waals surface area contributed by atoms with Gasteiger partial charge in [-0.2, -0.15) is 0 Å². The smallest absolute Gasteiger partial charge is 0.194 e. The number of benzene rings is 2. The molecule has 0 atom stereocenters. The number of aromatic nitrogens is 1. The highest BCUT2D eigenvalue weighted by Crippen LogP contribution is 2.20. The van der Waals surface area contributed by atoms with E-state index in [1.807, 2.05) is 13.8 Å². The van der Waals surface area contributed by atoms with Crippen LogP contribution in [0.5, 0.6) is 0 Å². The number of nitrogens with zero attached hydrogens (tertiary/aromatic N) is 4. The predicted octanol–water partition coefficient (Wildman–Crippen LogP) is 3.77. The van der Waals surface area contributed by atoms with Gasteiger partial charge in [-0.25, -0.2) is 0 Å². The number of rotatable bonds is 6. The zero-order chi connectivity index (χ0) is 21.6. The van der Waals surface area contributed by atoms with Crippen LogP contribution in [0.1, 0.15) is 29.5 Å². The molecule has 164 valence electrons. The van der Waals surface area contributed by atoms with Crippen molar-refractivity contribution >= 4 is 16.7 Å². The highest BCUT2D eigenvalue weighted by molar-refractivity contribution is 5.85. The summed E-state index contributed by atoms with van der Waals surface area (Å²) in [5, 5.41) is 10.2. The van der Waals surface area contributed by atoms with Crippen LogP contribution in [0.25, 0.3) is 10.8 Å². The van der Waals surface area contributed by atoms with E-state index in [9.17, 15) is 0 Å². The SMILES string of the molecule is CCNC(=NCCc1c(C)noc1C)N1CCN(Cc2cccc3ccccc23)CC1. The van der Waals surface area contributed by atoms with Crippen molar-refractivity contribution in [2.75, 3.05) is 39.3 Å². The molecule has 1 aliphatic rings. The van der Waals surface area contributed by atoms with Gasteiger partial charge in [-0.1, -0.05) is 47.6 Å². The first-order chi connectivity index (χ1) is 15.2. The zero-order valence-corrected chi connectivity index (χ0v) is 18.9. The lowest BCUT2D eigenvalue weighted by molar-refractivity contribution is 0.173. The van der Waals surface area contributed by atoms with Crippen molar-refractivity contribution in [3.05, 3.63) is 65.0 Å². The molecule has 0 unspecified atom stereocenters. The topological polar surface area (TPSA) is 56.9 Å². The third-order valence-electron chi connectivity index (χ3n) is 6.09. The van der Waals surface area contributed by atoms with Crippen LogP contribution in [0.15, 0.2) is 52.0 Å². The van der Waals surface area contributed by atoms with E-state index in [4.69, 9.17) is 9.52 Å². The van der Waals surface area contributed by atoms with Crippen LogP contribution in [0.4, 0.5) is 0 Å². The highest BCUT2D eigenvalue weighted by atomic mass is 16.5. The second-order valence-corrected chi connectivity index (χ2v) is 8.19. The van der Waals surface area contributed by atoms with Gasteiger partial charge in [-0.3, -0.25) is 9.89 Å². The Morgan fingerprint density at radius 2 is 1.84 bits per heavy atom. The Morgan fingerprint density at radius 1 is 1.06 bits per heavy atom. The lowest BCUT2D eigenvalue weighted by Crippen LogP contribution is -2.52. The molecule has 1 aromatic heterocycles. The van der Waals surface area contributed by atoms with Crippen molar-refractivity contribution in [2.24, 2.45) is 4.99 Å². The van der Waals surface area contributed by atoms with Crippen molar-refractivity contribution in [2.45, 2.75) is 33.7 Å². The lowest BCUT2D eigenvalue weighted by atomic mass is 10.0. The quantitative estimate of drug-likeness (QED) is 0.487. The van der Waals surface area contributed by atoms with Gasteiger partial charge < -0.3 is 14.7 Å². The van der Waals surface area contributed by atoms with Crippen molar-refractivity contribution in [3.8, 4) is 0 Å². The van der Waals surface area contributed by atoms with Crippen LogP contribution in [0.3, 0.4) is 0 Å². The maximum atomic E-state index is 5.27. The maximum Gasteiger partial charge on any atom is 0.194 e. The molecule has 6 heteroatoms. The Hall–Kier alpha value is -2.86. The Balaban J connectivity index is 1.35. The summed E-state index contributed by atoms with van der Waals surface area (Å²) in [5.41, 5.74) is 3.56. The highest BCUT2D eigenvalue weighted by Gasteiger charge is 2.20. The van der Waals surface area contributed by atoms with Gasteiger partial charge in [-0.05, 0) is 43.5 Å². The van der Waals surface area contributed by atoms with E-state index >= 15 is 0 Å². The van der Waals surface area contributed by atoms with E-state index in [1.165, 1.54) is 21.9 Å². The minimum absolute atomic E-state index is 0.738. The summed E-state index contributed by atoms with van der Waals surface area (Å²) in [4.78, 5) is 9.82. The maximum absolute atomic E-state index is 5.27. The average molecular weight is 420 g/mol. The van der Waals surface area contributed by atoms with Crippen molar-refractivity contribution in [3.63, 3.8) is 0 Å². The van der Waals surface area contributed by atoms with Crippen LogP contribution in [0, 0.1) is 13.8 Å². The molecule has 0 saturated carbocycles. The molecule has 6 nitrogen and oxygen atoms in total. The van der Waals surface area contributed by atoms with E-state index in [1.54, 1.807) is 0 Å². The zero-order valence-electron chi connectivity index (χ0n) is 18.9. The Kier molecular flexibility index (Phi) is 6.87. The van der Waals surface area contributed by atoms with Crippen LogP contribution in [-0.4, -0.2) is 60.2 Å². The van der Waals surface area contributed by atoms with Gasteiger partial charge in [0.1, 0.15) is 5.76 Å². The number of aliphatic imine (C=N–C) groups is 1. The molecule has 0 bridgehead atoms. The number of fused-ring (bicyclic) bond motifs is 1. The lowest BCUT2D eigenvalue weighted by Gasteiger charge is -2.36. The summed E-state index contributed by atoms with van der Waals surface area (Å²) >= 11 is 0. The summed E-state index contributed by atoms with van der Waals surface area (Å²) in [6.07, 6.45) is 0.858. The van der Waals surface area contributed by atoms with Gasteiger partial charge in [0.2, 0.25) is 0 Å². The van der Waals surface area contributed by atoms with Gasteiger partial charge in [0.05, 0.1) is 5.69 Å². The van der Waals surface area contributed by atoms with E-state index in [0.717, 1.165) is 69.6 Å². The van der Waals surface area contributed by atoms with Crippen LogP contribution < -0.4 is 5.32 Å². The fraction of sp³-hybridized carbons (Fsp3) is 0.440. The Morgan fingerprint density at radius 3 is 2.58 bits per heavy atom. The monoisotopic (exact) mass is 419 g/mol. The normalized spacial score (nSPS) is 15.6. The third-order valence-corrected chi connectivity index (χ3v) is 6.09. The number of hydrogen-bond donors (Lipinski definition) is 1. The first-order valence-corrected chi connectivity index (χ1v) is 11.3. The van der Waals surface area contributed by atoms with Gasteiger partial charge in [0.15, 0.2) is 5.96 Å². The summed E-state index contributed by atoms with van der Waals surface area (Å²) in [5.74, 6) is 1.92. The van der Waals surface area contributed by atoms with Crippen molar-refractivity contribution < 1.29 is 4.52 Å². The number of nitrogens with one attached hydrogen (secondary N) is 1. The first-order valence-electron chi connectivity index (χ1n) is 11.3. The van der Waals surface area contributed by atoms with E-state index < -0.39 is 0 Å². The number of piperazine rings is 1. The number of guanidine groups is 1. The molecule has 1 saturated heterocycles. The standard InChI is InChI=1S/C25H33N5O/c1-4-26-25(27-13-12-23-19(2)28-31-20(23)3)30-16-14-29(15-17-30)18-22-10-7-9-21-8-5-6-11-24(21)22/h5-11H,4,12-18H2,1-3H3,(H,26,27). The van der Waals surface area contributed by atoms with Crippen molar-refractivity contribution in [1.29, 1.82) is 0 Å². The molecular formula is C25H33N5O. The molecule has 2 aromatic carbocycles. The molecular weight excluding hydrogens is 386 g/mol. The summed E-state index contributed by atoms with van der Waals surface area (Å²) in [6.45, 7) is 12.8. The molecule has 31 heavy (non-hydrogen) atoms. The summed E-state index contributed by atoms with van der Waals surface area (Å²) in [7, 11) is 0. The molecule has 4 rings (SSSR count). The van der Waals surface area contributed by atoms with E-state index in [-0.39, 0.29) is 0 Å². The second kappa shape index (κ2) is 9.96. The summed E-state index contributed by atoms with van der Waals surface area (Å²) < 4.78 is 5.27. The fourth-order valence-electron chi connectivity index (χ4n) is 4.35. The van der Waals surface area contributed by atoms with Gasteiger partial charge in [0, 0.05) is 51.4 Å². The molecule has 0 spiro atoms. The minimum Gasteiger partial charge on any atom is -0.361 e. The number of hydrogen-bond acceptors (Lipinski definition) is 4. The molecule has 3 aromatic rings.